The summed E-state index contributed by atoms with van der Waals surface area (Å²) in [7, 11) is 0. The van der Waals surface area contributed by atoms with Crippen LogP contribution in [0.1, 0.15) is 15.9 Å². The van der Waals surface area contributed by atoms with Crippen molar-refractivity contribution < 1.29 is 19.4 Å². The van der Waals surface area contributed by atoms with E-state index in [0.29, 0.717) is 17.9 Å². The summed E-state index contributed by atoms with van der Waals surface area (Å²) in [6, 6.07) is 22.9. The SMILES string of the molecule is O=C(Oc1ccc(OCc2ccccc2)cc1O)c1ccccc1. The molecule has 0 atom stereocenters. The minimum absolute atomic E-state index is 0.0934. The molecule has 0 heterocycles. The number of aromatic hydroxyl groups is 1. The van der Waals surface area contributed by atoms with Gasteiger partial charge in [0.15, 0.2) is 11.5 Å². The molecule has 0 amide bonds. The van der Waals surface area contributed by atoms with Gasteiger partial charge in [0.2, 0.25) is 0 Å². The van der Waals surface area contributed by atoms with Gasteiger partial charge in [-0.2, -0.15) is 0 Å². The molecule has 0 aromatic heterocycles. The topological polar surface area (TPSA) is 55.8 Å². The fraction of sp³-hybridized carbons (Fsp3) is 0.0500. The van der Waals surface area contributed by atoms with Gasteiger partial charge in [0.25, 0.3) is 0 Å². The zero-order chi connectivity index (χ0) is 16.8. The third-order valence-corrected chi connectivity index (χ3v) is 3.39. The molecule has 3 aromatic rings. The van der Waals surface area contributed by atoms with Crippen LogP contribution in [0.25, 0.3) is 0 Å². The summed E-state index contributed by atoms with van der Waals surface area (Å²) in [5, 5.41) is 10.0. The summed E-state index contributed by atoms with van der Waals surface area (Å²) in [5.74, 6) is -0.0829. The highest BCUT2D eigenvalue weighted by molar-refractivity contribution is 5.91. The molecule has 3 aromatic carbocycles. The summed E-state index contributed by atoms with van der Waals surface area (Å²) in [5.41, 5.74) is 1.44. The Hall–Kier alpha value is -3.27. The number of ether oxygens (including phenoxy) is 2. The maximum atomic E-state index is 12.0. The molecule has 3 rings (SSSR count). The normalized spacial score (nSPS) is 10.2. The van der Waals surface area contributed by atoms with Crippen molar-refractivity contribution in [1.29, 1.82) is 0 Å². The molecular formula is C20H16O4. The Balaban J connectivity index is 1.65. The highest BCUT2D eigenvalue weighted by Crippen LogP contribution is 2.31. The summed E-state index contributed by atoms with van der Waals surface area (Å²) in [4.78, 5) is 12.0. The van der Waals surface area contributed by atoms with Crippen LogP contribution in [0.15, 0.2) is 78.9 Å². The zero-order valence-electron chi connectivity index (χ0n) is 12.9. The molecule has 1 N–H and O–H groups in total. The van der Waals surface area contributed by atoms with Crippen LogP contribution >= 0.6 is 0 Å². The van der Waals surface area contributed by atoms with Crippen LogP contribution in [0.3, 0.4) is 0 Å². The van der Waals surface area contributed by atoms with Crippen molar-refractivity contribution in [2.45, 2.75) is 6.61 Å². The lowest BCUT2D eigenvalue weighted by molar-refractivity contribution is 0.0729. The van der Waals surface area contributed by atoms with Crippen molar-refractivity contribution in [2.24, 2.45) is 0 Å². The highest BCUT2D eigenvalue weighted by atomic mass is 16.5. The van der Waals surface area contributed by atoms with Gasteiger partial charge in [-0.1, -0.05) is 48.5 Å². The minimum Gasteiger partial charge on any atom is -0.504 e. The number of esters is 1. The Kier molecular flexibility index (Phi) is 4.77. The predicted octanol–water partition coefficient (Wildman–Crippen LogP) is 4.19. The van der Waals surface area contributed by atoms with E-state index in [1.54, 1.807) is 30.3 Å². The second-order valence-corrected chi connectivity index (χ2v) is 5.16. The fourth-order valence-corrected chi connectivity index (χ4v) is 2.15. The van der Waals surface area contributed by atoms with Gasteiger partial charge in [-0.15, -0.1) is 0 Å². The van der Waals surface area contributed by atoms with Crippen LogP contribution in [0.4, 0.5) is 0 Å². The molecule has 120 valence electrons. The molecular weight excluding hydrogens is 304 g/mol. The van der Waals surface area contributed by atoms with E-state index >= 15 is 0 Å². The van der Waals surface area contributed by atoms with Gasteiger partial charge in [0.1, 0.15) is 12.4 Å². The largest absolute Gasteiger partial charge is 0.504 e. The van der Waals surface area contributed by atoms with Gasteiger partial charge in [-0.3, -0.25) is 0 Å². The number of carbonyl (C=O) groups is 1. The van der Waals surface area contributed by atoms with Crippen molar-refractivity contribution in [3.05, 3.63) is 90.0 Å². The first-order chi connectivity index (χ1) is 11.7. The first-order valence-electron chi connectivity index (χ1n) is 7.49. The van der Waals surface area contributed by atoms with Crippen LogP contribution in [0.5, 0.6) is 17.2 Å². The number of benzene rings is 3. The lowest BCUT2D eigenvalue weighted by Gasteiger charge is -2.10. The molecule has 24 heavy (non-hydrogen) atoms. The van der Waals surface area contributed by atoms with Crippen molar-refractivity contribution >= 4 is 5.97 Å². The number of carbonyl (C=O) groups excluding carboxylic acids is 1. The van der Waals surface area contributed by atoms with Gasteiger partial charge in [-0.25, -0.2) is 4.79 Å². The van der Waals surface area contributed by atoms with Crippen molar-refractivity contribution in [1.82, 2.24) is 0 Å². The molecule has 0 aliphatic carbocycles. The Labute approximate surface area is 139 Å². The smallest absolute Gasteiger partial charge is 0.343 e. The van der Waals surface area contributed by atoms with E-state index in [0.717, 1.165) is 5.56 Å². The molecule has 0 radical (unpaired) electrons. The van der Waals surface area contributed by atoms with Crippen molar-refractivity contribution in [3.8, 4) is 17.2 Å². The van der Waals surface area contributed by atoms with Gasteiger partial charge < -0.3 is 14.6 Å². The number of hydrogen-bond acceptors (Lipinski definition) is 4. The van der Waals surface area contributed by atoms with E-state index in [1.807, 2.05) is 36.4 Å². The molecule has 0 bridgehead atoms. The number of rotatable bonds is 5. The maximum Gasteiger partial charge on any atom is 0.343 e. The maximum absolute atomic E-state index is 12.0. The van der Waals surface area contributed by atoms with E-state index in [4.69, 9.17) is 9.47 Å². The van der Waals surface area contributed by atoms with E-state index in [2.05, 4.69) is 0 Å². The first-order valence-corrected chi connectivity index (χ1v) is 7.49. The monoisotopic (exact) mass is 320 g/mol. The molecule has 4 heteroatoms. The first kappa shape index (κ1) is 15.6. The van der Waals surface area contributed by atoms with E-state index in [9.17, 15) is 9.90 Å². The number of phenolic OH excluding ortho intramolecular Hbond substituents is 1. The predicted molar refractivity (Wildman–Crippen MR) is 90.3 cm³/mol. The average molecular weight is 320 g/mol. The Bertz CT molecular complexity index is 814. The minimum atomic E-state index is -0.524. The van der Waals surface area contributed by atoms with Crippen LogP contribution in [-0.4, -0.2) is 11.1 Å². The second-order valence-electron chi connectivity index (χ2n) is 5.16. The van der Waals surface area contributed by atoms with Crippen molar-refractivity contribution in [3.63, 3.8) is 0 Å². The lowest BCUT2D eigenvalue weighted by atomic mass is 10.2. The summed E-state index contributed by atoms with van der Waals surface area (Å²) >= 11 is 0. The molecule has 0 spiro atoms. The third-order valence-electron chi connectivity index (χ3n) is 3.39. The summed E-state index contributed by atoms with van der Waals surface area (Å²) in [6.07, 6.45) is 0. The quantitative estimate of drug-likeness (QED) is 0.566. The van der Waals surface area contributed by atoms with Crippen LogP contribution in [-0.2, 0) is 6.61 Å². The van der Waals surface area contributed by atoms with Gasteiger partial charge in [-0.05, 0) is 29.8 Å². The van der Waals surface area contributed by atoms with Crippen molar-refractivity contribution in [2.75, 3.05) is 0 Å². The van der Waals surface area contributed by atoms with E-state index < -0.39 is 5.97 Å². The van der Waals surface area contributed by atoms with E-state index in [-0.39, 0.29) is 11.5 Å². The van der Waals surface area contributed by atoms with E-state index in [1.165, 1.54) is 12.1 Å². The lowest BCUT2D eigenvalue weighted by Crippen LogP contribution is -2.08. The highest BCUT2D eigenvalue weighted by Gasteiger charge is 2.12. The Morgan fingerprint density at radius 3 is 2.21 bits per heavy atom. The number of phenols is 1. The van der Waals surface area contributed by atoms with Gasteiger partial charge >= 0.3 is 5.97 Å². The summed E-state index contributed by atoms with van der Waals surface area (Å²) < 4.78 is 10.8. The second kappa shape index (κ2) is 7.33. The molecule has 0 aliphatic heterocycles. The third kappa shape index (κ3) is 3.93. The van der Waals surface area contributed by atoms with Crippen LogP contribution in [0, 0.1) is 0 Å². The number of hydrogen-bond donors (Lipinski definition) is 1. The average Bonchev–Trinajstić information content (AvgIpc) is 2.63. The molecule has 0 saturated heterocycles. The standard InChI is InChI=1S/C20H16O4/c21-18-13-17(23-14-15-7-3-1-4-8-15)11-12-19(18)24-20(22)16-9-5-2-6-10-16/h1-13,21H,14H2. The molecule has 4 nitrogen and oxygen atoms in total. The Morgan fingerprint density at radius 1 is 0.875 bits per heavy atom. The Morgan fingerprint density at radius 2 is 1.54 bits per heavy atom. The molecule has 0 saturated carbocycles. The molecule has 0 aliphatic rings. The van der Waals surface area contributed by atoms with Crippen LogP contribution in [0.2, 0.25) is 0 Å². The fourth-order valence-electron chi connectivity index (χ4n) is 2.15. The van der Waals surface area contributed by atoms with Crippen LogP contribution < -0.4 is 9.47 Å². The van der Waals surface area contributed by atoms with Gasteiger partial charge in [0.05, 0.1) is 5.56 Å². The van der Waals surface area contributed by atoms with Gasteiger partial charge in [0, 0.05) is 6.07 Å². The molecule has 0 fully saturated rings. The zero-order valence-corrected chi connectivity index (χ0v) is 12.9. The molecule has 0 unspecified atom stereocenters. The summed E-state index contributed by atoms with van der Waals surface area (Å²) in [6.45, 7) is 0.392.